The Morgan fingerprint density at radius 2 is 1.69 bits per heavy atom. The lowest BCUT2D eigenvalue weighted by Crippen LogP contribution is -2.30. The van der Waals surface area contributed by atoms with Crippen LogP contribution in [0.25, 0.3) is 32.6 Å². The van der Waals surface area contributed by atoms with Gasteiger partial charge in [-0.1, -0.05) is 12.1 Å². The SMILES string of the molecule is CN(C)CCn1c(=O)c2cc(OC(=O)N(C)c3ccccc3OC(=O)CCCOS(=O)(=O)C(F)(F)F)c(CO)cc2c2cnc3cc4c(cc3c21)OCO4. The number of carbonyl (C=O) groups excluding carboxylic acids is 2. The molecular formula is C35H33F3N4O11S. The minimum Gasteiger partial charge on any atom is -0.454 e. The van der Waals surface area contributed by atoms with Crippen molar-refractivity contribution < 1.29 is 59.4 Å². The zero-order valence-electron chi connectivity index (χ0n) is 29.0. The topological polar surface area (TPSA) is 176 Å². The third-order valence-corrected chi connectivity index (χ3v) is 9.52. The molecule has 0 fully saturated rings. The van der Waals surface area contributed by atoms with Crippen molar-refractivity contribution >= 4 is 60.4 Å². The highest BCUT2D eigenvalue weighted by Gasteiger charge is 2.47. The Balaban J connectivity index is 1.29. The predicted molar refractivity (Wildman–Crippen MR) is 188 cm³/mol. The van der Waals surface area contributed by atoms with E-state index in [9.17, 15) is 41.1 Å². The van der Waals surface area contributed by atoms with E-state index in [1.165, 1.54) is 37.4 Å². The third kappa shape index (κ3) is 7.61. The van der Waals surface area contributed by atoms with E-state index >= 15 is 0 Å². The molecule has 0 spiro atoms. The maximum Gasteiger partial charge on any atom is 0.523 e. The first-order valence-electron chi connectivity index (χ1n) is 16.3. The van der Waals surface area contributed by atoms with Gasteiger partial charge in [0.25, 0.3) is 5.56 Å². The van der Waals surface area contributed by atoms with E-state index in [1.54, 1.807) is 29.0 Å². The lowest BCUT2D eigenvalue weighted by Gasteiger charge is -2.21. The Bertz CT molecular complexity index is 2450. The van der Waals surface area contributed by atoms with Crippen LogP contribution in [-0.4, -0.2) is 86.6 Å². The number of aliphatic hydroxyl groups excluding tert-OH is 1. The summed E-state index contributed by atoms with van der Waals surface area (Å²) >= 11 is 0. The van der Waals surface area contributed by atoms with Gasteiger partial charge in [0.2, 0.25) is 6.79 Å². The summed E-state index contributed by atoms with van der Waals surface area (Å²) in [5.41, 5.74) is -4.59. The van der Waals surface area contributed by atoms with Crippen molar-refractivity contribution in [3.63, 3.8) is 0 Å². The van der Waals surface area contributed by atoms with Gasteiger partial charge < -0.3 is 33.5 Å². The molecule has 0 bridgehead atoms. The Morgan fingerprint density at radius 3 is 2.39 bits per heavy atom. The number of ether oxygens (including phenoxy) is 4. The van der Waals surface area contributed by atoms with Crippen molar-refractivity contribution in [1.29, 1.82) is 0 Å². The largest absolute Gasteiger partial charge is 0.523 e. The number of alkyl halides is 3. The number of halogens is 3. The van der Waals surface area contributed by atoms with Gasteiger partial charge in [-0.25, -0.2) is 4.79 Å². The molecule has 0 atom stereocenters. The highest BCUT2D eigenvalue weighted by molar-refractivity contribution is 7.87. The molecule has 6 rings (SSSR count). The molecule has 5 aromatic rings. The fourth-order valence-corrected chi connectivity index (χ4v) is 6.24. The average molecular weight is 775 g/mol. The standard InChI is InChI=1S/C35H33F3N4O11S/c1-40(2)10-11-42-32-23-15-29-30(50-19-49-29)16-25(23)39-17-24(32)21-13-20(18-43)28(14-22(21)33(42)45)53-34(46)41(3)26-7-4-5-8-27(26)52-31(44)9-6-12-51-54(47,48)35(36,37)38/h4-5,7-8,13-17,43H,6,9-12,18-19H2,1-3H3. The highest BCUT2D eigenvalue weighted by atomic mass is 32.2. The number of aromatic nitrogens is 2. The molecule has 0 saturated heterocycles. The third-order valence-electron chi connectivity index (χ3n) is 8.48. The average Bonchev–Trinajstić information content (AvgIpc) is 3.59. The lowest BCUT2D eigenvalue weighted by atomic mass is 10.0. The monoisotopic (exact) mass is 774 g/mol. The van der Waals surface area contributed by atoms with Crippen LogP contribution in [0.1, 0.15) is 18.4 Å². The number of para-hydroxylation sites is 2. The number of pyridine rings is 2. The molecule has 54 heavy (non-hydrogen) atoms. The predicted octanol–water partition coefficient (Wildman–Crippen LogP) is 4.67. The number of esters is 1. The van der Waals surface area contributed by atoms with Crippen LogP contribution in [-0.2, 0) is 32.2 Å². The number of anilines is 1. The summed E-state index contributed by atoms with van der Waals surface area (Å²) < 4.78 is 87.2. The van der Waals surface area contributed by atoms with Crippen LogP contribution in [0.15, 0.2) is 59.5 Å². The summed E-state index contributed by atoms with van der Waals surface area (Å²) in [7, 11) is -0.750. The molecule has 0 saturated carbocycles. The first-order chi connectivity index (χ1) is 25.6. The molecule has 0 unspecified atom stereocenters. The number of rotatable bonds is 12. The minimum absolute atomic E-state index is 0.0499. The summed E-state index contributed by atoms with van der Waals surface area (Å²) in [5, 5.41) is 12.3. The second-order valence-corrected chi connectivity index (χ2v) is 14.0. The molecule has 1 aliphatic rings. The summed E-state index contributed by atoms with van der Waals surface area (Å²) in [4.78, 5) is 47.8. The van der Waals surface area contributed by atoms with Crippen molar-refractivity contribution in [2.75, 3.05) is 46.0 Å². The van der Waals surface area contributed by atoms with Gasteiger partial charge in [0.1, 0.15) is 5.75 Å². The normalized spacial score (nSPS) is 12.9. The van der Waals surface area contributed by atoms with Crippen LogP contribution in [0.3, 0.4) is 0 Å². The first-order valence-corrected chi connectivity index (χ1v) is 17.7. The zero-order valence-corrected chi connectivity index (χ0v) is 29.8. The van der Waals surface area contributed by atoms with Crippen LogP contribution >= 0.6 is 0 Å². The van der Waals surface area contributed by atoms with Crippen molar-refractivity contribution in [3.05, 3.63) is 70.6 Å². The second kappa shape index (κ2) is 15.1. The Morgan fingerprint density at radius 1 is 0.963 bits per heavy atom. The number of likely N-dealkylation sites (N-methyl/N-ethyl adjacent to an activating group) is 1. The summed E-state index contributed by atoms with van der Waals surface area (Å²) in [6, 6.07) is 12.3. The molecular weight excluding hydrogens is 741 g/mol. The number of carbonyl (C=O) groups is 2. The molecule has 15 nitrogen and oxygen atoms in total. The quantitative estimate of drug-likeness (QED) is 0.0463. The fourth-order valence-electron chi connectivity index (χ4n) is 5.77. The summed E-state index contributed by atoms with van der Waals surface area (Å²) in [5.74, 6) is -0.138. The van der Waals surface area contributed by atoms with Crippen LogP contribution in [0.2, 0.25) is 0 Å². The molecule has 3 heterocycles. The van der Waals surface area contributed by atoms with E-state index in [1.807, 2.05) is 19.0 Å². The summed E-state index contributed by atoms with van der Waals surface area (Å²) in [6.45, 7) is -0.639. The smallest absolute Gasteiger partial charge is 0.454 e. The van der Waals surface area contributed by atoms with E-state index in [2.05, 4.69) is 9.17 Å². The molecule has 286 valence electrons. The van der Waals surface area contributed by atoms with Crippen molar-refractivity contribution in [2.24, 2.45) is 0 Å². The number of amides is 1. The van der Waals surface area contributed by atoms with E-state index in [-0.39, 0.29) is 34.9 Å². The van der Waals surface area contributed by atoms with Gasteiger partial charge >= 0.3 is 27.7 Å². The molecule has 3 aromatic carbocycles. The van der Waals surface area contributed by atoms with Gasteiger partial charge in [0.05, 0.1) is 35.3 Å². The van der Waals surface area contributed by atoms with Gasteiger partial charge in [-0.3, -0.25) is 23.7 Å². The number of nitrogens with zero attached hydrogens (tertiary/aromatic N) is 4. The first kappa shape index (κ1) is 38.2. The van der Waals surface area contributed by atoms with Crippen LogP contribution in [0.4, 0.5) is 23.7 Å². The van der Waals surface area contributed by atoms with Gasteiger partial charge in [0.15, 0.2) is 17.2 Å². The Kier molecular flexibility index (Phi) is 10.7. The molecule has 0 radical (unpaired) electrons. The van der Waals surface area contributed by atoms with Crippen molar-refractivity contribution in [1.82, 2.24) is 14.5 Å². The van der Waals surface area contributed by atoms with Crippen LogP contribution in [0, 0.1) is 0 Å². The number of aliphatic hydroxyl groups is 1. The molecule has 19 heteroatoms. The number of benzene rings is 3. The zero-order chi connectivity index (χ0) is 38.9. The number of hydrogen-bond donors (Lipinski definition) is 1. The molecule has 1 aliphatic heterocycles. The van der Waals surface area contributed by atoms with E-state index in [0.29, 0.717) is 51.8 Å². The number of fused-ring (bicyclic) bond motifs is 6. The number of hydrogen-bond acceptors (Lipinski definition) is 13. The van der Waals surface area contributed by atoms with Crippen molar-refractivity contribution in [2.45, 2.75) is 31.5 Å². The Labute approximate surface area is 305 Å². The van der Waals surface area contributed by atoms with Gasteiger partial charge in [0, 0.05) is 55.2 Å². The lowest BCUT2D eigenvalue weighted by molar-refractivity contribution is -0.134. The van der Waals surface area contributed by atoms with E-state index in [0.717, 1.165) is 4.90 Å². The second-order valence-electron chi connectivity index (χ2n) is 12.4. The highest BCUT2D eigenvalue weighted by Crippen LogP contribution is 2.39. The maximum atomic E-state index is 14.3. The van der Waals surface area contributed by atoms with Gasteiger partial charge in [-0.2, -0.15) is 21.6 Å². The minimum atomic E-state index is -5.81. The maximum absolute atomic E-state index is 14.3. The van der Waals surface area contributed by atoms with E-state index in [4.69, 9.17) is 18.9 Å². The molecule has 1 N–H and O–H groups in total. The van der Waals surface area contributed by atoms with Crippen LogP contribution < -0.4 is 29.4 Å². The molecule has 1 amide bonds. The van der Waals surface area contributed by atoms with Crippen LogP contribution in [0.5, 0.6) is 23.0 Å². The van der Waals surface area contributed by atoms with Crippen molar-refractivity contribution in [3.8, 4) is 23.0 Å². The Hall–Kier alpha value is -5.50. The fraction of sp³-hybridized carbons (Fsp3) is 0.314. The van der Waals surface area contributed by atoms with Gasteiger partial charge in [-0.15, -0.1) is 0 Å². The van der Waals surface area contributed by atoms with Gasteiger partial charge in [-0.05, 0) is 56.2 Å². The van der Waals surface area contributed by atoms with E-state index < -0.39 is 59.3 Å². The molecule has 0 aliphatic carbocycles. The molecule has 2 aromatic heterocycles. The summed E-state index contributed by atoms with van der Waals surface area (Å²) in [6.07, 6.45) is -0.284.